The predicted octanol–water partition coefficient (Wildman–Crippen LogP) is 4.45. The Morgan fingerprint density at radius 1 is 1.03 bits per heavy atom. The van der Waals surface area contributed by atoms with E-state index in [2.05, 4.69) is 12.2 Å². The number of halogens is 1. The fourth-order valence-corrected chi connectivity index (χ4v) is 4.68. The third-order valence-electron chi connectivity index (χ3n) is 6.80. The van der Waals surface area contributed by atoms with E-state index in [1.807, 2.05) is 48.5 Å². The molecule has 4 rings (SSSR count). The lowest BCUT2D eigenvalue weighted by Crippen LogP contribution is -2.31. The lowest BCUT2D eigenvalue weighted by atomic mass is 9.89. The van der Waals surface area contributed by atoms with E-state index in [4.69, 9.17) is 20.6 Å². The molecule has 0 spiro atoms. The van der Waals surface area contributed by atoms with E-state index in [0.29, 0.717) is 30.3 Å². The van der Waals surface area contributed by atoms with E-state index < -0.39 is 0 Å². The molecule has 2 fully saturated rings. The van der Waals surface area contributed by atoms with Gasteiger partial charge in [-0.2, -0.15) is 0 Å². The quantitative estimate of drug-likeness (QED) is 0.282. The van der Waals surface area contributed by atoms with E-state index in [-0.39, 0.29) is 54.6 Å². The Morgan fingerprint density at radius 3 is 2.23 bits per heavy atom. The van der Waals surface area contributed by atoms with Crippen molar-refractivity contribution in [3.05, 3.63) is 54.1 Å². The lowest BCUT2D eigenvalue weighted by molar-refractivity contribution is -0.153. The van der Waals surface area contributed by atoms with Gasteiger partial charge in [-0.1, -0.05) is 43.3 Å². The summed E-state index contributed by atoms with van der Waals surface area (Å²) in [6.45, 7) is 2.58. The third-order valence-corrected chi connectivity index (χ3v) is 6.80. The summed E-state index contributed by atoms with van der Waals surface area (Å²) >= 11 is 0. The molecule has 2 aliphatic rings. The number of hydrogen-bond donors (Lipinski definition) is 3. The largest absolute Gasteiger partial charge is 0.491 e. The van der Waals surface area contributed by atoms with Crippen LogP contribution in [-0.4, -0.2) is 36.5 Å². The van der Waals surface area contributed by atoms with Crippen LogP contribution in [0.4, 0.5) is 0 Å². The van der Waals surface area contributed by atoms with E-state index in [1.54, 1.807) is 0 Å². The molecule has 2 aromatic carbocycles. The van der Waals surface area contributed by atoms with Crippen molar-refractivity contribution in [2.24, 2.45) is 17.6 Å². The van der Waals surface area contributed by atoms with Crippen molar-refractivity contribution in [1.29, 1.82) is 5.41 Å². The fourth-order valence-electron chi connectivity index (χ4n) is 4.68. The zero-order valence-electron chi connectivity index (χ0n) is 20.0. The van der Waals surface area contributed by atoms with Crippen LogP contribution in [0.25, 0.3) is 11.1 Å². The molecular formula is C27H34ClN3O4. The van der Waals surface area contributed by atoms with E-state index in [9.17, 15) is 9.59 Å². The number of amidine groups is 1. The van der Waals surface area contributed by atoms with Crippen LogP contribution < -0.4 is 15.8 Å². The first-order valence-electron chi connectivity index (χ1n) is 12.0. The summed E-state index contributed by atoms with van der Waals surface area (Å²) in [5.41, 5.74) is 8.26. The number of nitrogen functional groups attached to an aromatic ring is 1. The van der Waals surface area contributed by atoms with Gasteiger partial charge >= 0.3 is 5.97 Å². The fraction of sp³-hybridized carbons (Fsp3) is 0.444. The van der Waals surface area contributed by atoms with Crippen LogP contribution in [0.2, 0.25) is 0 Å². The maximum absolute atomic E-state index is 12.3. The van der Waals surface area contributed by atoms with Crippen molar-refractivity contribution >= 4 is 30.1 Å². The molecule has 0 aromatic heterocycles. The number of benzene rings is 2. The second-order valence-electron chi connectivity index (χ2n) is 9.54. The molecule has 4 N–H and O–H groups in total. The Morgan fingerprint density at radius 2 is 1.63 bits per heavy atom. The van der Waals surface area contributed by atoms with Gasteiger partial charge in [-0.15, -0.1) is 12.4 Å². The second kappa shape index (κ2) is 12.1. The summed E-state index contributed by atoms with van der Waals surface area (Å²) < 4.78 is 11.5. The minimum atomic E-state index is -0.357. The van der Waals surface area contributed by atoms with Gasteiger partial charge in [0.05, 0.1) is 18.4 Å². The first-order chi connectivity index (χ1) is 16.4. The molecule has 188 valence electrons. The molecule has 0 bridgehead atoms. The third kappa shape index (κ3) is 7.21. The molecule has 0 unspecified atom stereocenters. The minimum Gasteiger partial charge on any atom is -0.491 e. The molecule has 8 heteroatoms. The van der Waals surface area contributed by atoms with Crippen molar-refractivity contribution in [2.75, 3.05) is 6.61 Å². The molecule has 35 heavy (non-hydrogen) atoms. The van der Waals surface area contributed by atoms with Crippen molar-refractivity contribution in [1.82, 2.24) is 5.32 Å². The summed E-state index contributed by atoms with van der Waals surface area (Å²) in [6, 6.07) is 15.1. The molecule has 1 heterocycles. The highest BCUT2D eigenvalue weighted by molar-refractivity contribution is 5.95. The van der Waals surface area contributed by atoms with Gasteiger partial charge in [0.2, 0.25) is 5.91 Å². The SMILES string of the molecule is CC1CCC(OC(=O)C[C@@H]2C[C@@H](COc3ccc(-c4ccc(C(=N)N)cc4)cc3)NC2=O)CC1.Cl. The first kappa shape index (κ1) is 26.5. The van der Waals surface area contributed by atoms with Gasteiger partial charge < -0.3 is 20.5 Å². The predicted molar refractivity (Wildman–Crippen MR) is 138 cm³/mol. The molecule has 2 aromatic rings. The highest BCUT2D eigenvalue weighted by Gasteiger charge is 2.35. The zero-order chi connectivity index (χ0) is 24.1. The summed E-state index contributed by atoms with van der Waals surface area (Å²) in [7, 11) is 0. The second-order valence-corrected chi connectivity index (χ2v) is 9.54. The van der Waals surface area contributed by atoms with Crippen molar-refractivity contribution in [3.8, 4) is 16.9 Å². The Hall–Kier alpha value is -3.06. The van der Waals surface area contributed by atoms with Crippen LogP contribution in [0.3, 0.4) is 0 Å². The number of rotatable bonds is 8. The van der Waals surface area contributed by atoms with E-state index in [0.717, 1.165) is 36.8 Å². The zero-order valence-corrected chi connectivity index (χ0v) is 20.8. The normalized spacial score (nSPS) is 23.6. The van der Waals surface area contributed by atoms with Gasteiger partial charge in [0.25, 0.3) is 0 Å². The van der Waals surface area contributed by atoms with Crippen molar-refractivity contribution < 1.29 is 19.1 Å². The van der Waals surface area contributed by atoms with Crippen molar-refractivity contribution in [3.63, 3.8) is 0 Å². The van der Waals surface area contributed by atoms with Crippen LogP contribution in [0.1, 0.15) is 51.0 Å². The van der Waals surface area contributed by atoms with Crippen LogP contribution in [0, 0.1) is 17.2 Å². The molecule has 2 atom stereocenters. The lowest BCUT2D eigenvalue weighted by Gasteiger charge is -2.26. The number of carbonyl (C=O) groups is 2. The highest BCUT2D eigenvalue weighted by atomic mass is 35.5. The Bertz CT molecular complexity index is 1020. The maximum Gasteiger partial charge on any atom is 0.306 e. The Labute approximate surface area is 212 Å². The molecular weight excluding hydrogens is 466 g/mol. The smallest absolute Gasteiger partial charge is 0.306 e. The summed E-state index contributed by atoms with van der Waals surface area (Å²) in [4.78, 5) is 24.7. The molecule has 1 aliphatic carbocycles. The van der Waals surface area contributed by atoms with Gasteiger partial charge in [-0.05, 0) is 61.3 Å². The number of carbonyl (C=O) groups excluding carboxylic acids is 2. The van der Waals surface area contributed by atoms with Crippen molar-refractivity contribution in [2.45, 2.75) is 57.6 Å². The average Bonchev–Trinajstić information content (AvgIpc) is 3.18. The van der Waals surface area contributed by atoms with Gasteiger partial charge in [0, 0.05) is 5.56 Å². The standard InChI is InChI=1S/C27H33N3O4.ClH/c1-17-2-10-24(11-3-17)34-25(31)15-21-14-22(30-27(21)32)16-33-23-12-8-19(9-13-23)18-4-6-20(7-5-18)26(28)29;/h4-9,12-13,17,21-22,24H,2-3,10-11,14-16H2,1H3,(H3,28,29)(H,30,32);1H/t17?,21-,22-,24?;/m0./s1. The molecule has 1 saturated carbocycles. The molecule has 1 amide bonds. The molecule has 1 aliphatic heterocycles. The number of esters is 1. The summed E-state index contributed by atoms with van der Waals surface area (Å²) in [6.07, 6.45) is 4.72. The van der Waals surface area contributed by atoms with Gasteiger partial charge in [-0.3, -0.25) is 15.0 Å². The Balaban J connectivity index is 0.00000342. The van der Waals surface area contributed by atoms with Gasteiger partial charge in [0.1, 0.15) is 24.3 Å². The van der Waals surface area contributed by atoms with Gasteiger partial charge in [-0.25, -0.2) is 0 Å². The van der Waals surface area contributed by atoms with E-state index in [1.165, 1.54) is 0 Å². The summed E-state index contributed by atoms with van der Waals surface area (Å²) in [5.74, 6) is 0.733. The Kier molecular flexibility index (Phi) is 9.15. The number of nitrogens with two attached hydrogens (primary N) is 1. The minimum absolute atomic E-state index is 0. The van der Waals surface area contributed by atoms with E-state index >= 15 is 0 Å². The van der Waals surface area contributed by atoms with Crippen LogP contribution in [-0.2, 0) is 14.3 Å². The maximum atomic E-state index is 12.3. The topological polar surface area (TPSA) is 114 Å². The number of nitrogens with one attached hydrogen (secondary N) is 2. The van der Waals surface area contributed by atoms with Crippen LogP contribution >= 0.6 is 12.4 Å². The highest BCUT2D eigenvalue weighted by Crippen LogP contribution is 2.28. The first-order valence-corrected chi connectivity index (χ1v) is 12.0. The average molecular weight is 500 g/mol. The number of hydrogen-bond acceptors (Lipinski definition) is 5. The number of ether oxygens (including phenoxy) is 2. The monoisotopic (exact) mass is 499 g/mol. The number of amides is 1. The summed E-state index contributed by atoms with van der Waals surface area (Å²) in [5, 5.41) is 10.4. The van der Waals surface area contributed by atoms with Crippen LogP contribution in [0.15, 0.2) is 48.5 Å². The van der Waals surface area contributed by atoms with Crippen LogP contribution in [0.5, 0.6) is 5.75 Å². The molecule has 0 radical (unpaired) electrons. The molecule has 7 nitrogen and oxygen atoms in total. The van der Waals surface area contributed by atoms with Gasteiger partial charge in [0.15, 0.2) is 0 Å². The molecule has 1 saturated heterocycles.